The van der Waals surface area contributed by atoms with Crippen molar-refractivity contribution in [1.29, 1.82) is 0 Å². The summed E-state index contributed by atoms with van der Waals surface area (Å²) in [6.45, 7) is 6.50. The van der Waals surface area contributed by atoms with Gasteiger partial charge in [-0.2, -0.15) is 0 Å². The van der Waals surface area contributed by atoms with Crippen LogP contribution in [0, 0.1) is 5.92 Å². The molecule has 1 aliphatic rings. The summed E-state index contributed by atoms with van der Waals surface area (Å²) in [7, 11) is 0. The molecule has 0 bridgehead atoms. The summed E-state index contributed by atoms with van der Waals surface area (Å²) in [6, 6.07) is 0.0138. The molecular weight excluding hydrogens is 194 g/mol. The molecule has 1 saturated heterocycles. The van der Waals surface area contributed by atoms with E-state index in [-0.39, 0.29) is 18.5 Å². The van der Waals surface area contributed by atoms with E-state index in [1.807, 2.05) is 4.90 Å². The van der Waals surface area contributed by atoms with E-state index in [1.54, 1.807) is 0 Å². The number of β-amino-alcohol motifs (C(OH)–C–C–N with tert-alkyl or cyclic N) is 1. The minimum Gasteiger partial charge on any atom is -0.390 e. The molecule has 0 spiro atoms. The molecule has 1 fully saturated rings. The molecule has 5 heteroatoms. The normalized spacial score (nSPS) is 26.5. The van der Waals surface area contributed by atoms with Crippen molar-refractivity contribution in [2.45, 2.75) is 26.0 Å². The number of aliphatic hydroxyl groups excluding tert-OH is 1. The molecule has 15 heavy (non-hydrogen) atoms. The third-order valence-corrected chi connectivity index (χ3v) is 2.58. The van der Waals surface area contributed by atoms with E-state index in [2.05, 4.69) is 19.2 Å². The molecule has 1 amide bonds. The molecule has 1 rings (SSSR count). The van der Waals surface area contributed by atoms with E-state index in [0.717, 1.165) is 13.1 Å². The smallest absolute Gasteiger partial charge is 0.231 e. The van der Waals surface area contributed by atoms with Crippen molar-refractivity contribution in [3.05, 3.63) is 0 Å². The summed E-state index contributed by atoms with van der Waals surface area (Å²) in [5.41, 5.74) is 5.20. The number of nitrogens with one attached hydrogen (secondary N) is 1. The highest BCUT2D eigenvalue weighted by atomic mass is 16.3. The molecule has 2 unspecified atom stereocenters. The summed E-state index contributed by atoms with van der Waals surface area (Å²) in [4.78, 5) is 12.9. The molecule has 0 aliphatic carbocycles. The number of primary amides is 1. The molecule has 88 valence electrons. The Bertz CT molecular complexity index is 221. The predicted molar refractivity (Wildman–Crippen MR) is 58.3 cm³/mol. The van der Waals surface area contributed by atoms with Crippen molar-refractivity contribution in [2.24, 2.45) is 11.7 Å². The Morgan fingerprint density at radius 3 is 2.67 bits per heavy atom. The SMILES string of the molecule is CC(C)CN(CC(N)=O)C1CNCC1O. The lowest BCUT2D eigenvalue weighted by Crippen LogP contribution is -2.48. The largest absolute Gasteiger partial charge is 0.390 e. The summed E-state index contributed by atoms with van der Waals surface area (Å²) in [6.07, 6.45) is -0.400. The quantitative estimate of drug-likeness (QED) is 0.536. The molecule has 0 saturated carbocycles. The third kappa shape index (κ3) is 3.77. The van der Waals surface area contributed by atoms with Crippen LogP contribution in [0.25, 0.3) is 0 Å². The zero-order chi connectivity index (χ0) is 11.4. The minimum absolute atomic E-state index is 0.0138. The van der Waals surface area contributed by atoms with Gasteiger partial charge < -0.3 is 16.2 Å². The van der Waals surface area contributed by atoms with E-state index >= 15 is 0 Å². The maximum atomic E-state index is 10.9. The maximum Gasteiger partial charge on any atom is 0.231 e. The zero-order valence-electron chi connectivity index (χ0n) is 9.44. The number of carbonyl (C=O) groups excluding carboxylic acids is 1. The molecule has 0 aromatic rings. The van der Waals surface area contributed by atoms with Crippen molar-refractivity contribution in [3.8, 4) is 0 Å². The number of rotatable bonds is 5. The Morgan fingerprint density at radius 2 is 2.27 bits per heavy atom. The van der Waals surface area contributed by atoms with Gasteiger partial charge >= 0.3 is 0 Å². The van der Waals surface area contributed by atoms with E-state index in [9.17, 15) is 9.90 Å². The van der Waals surface area contributed by atoms with Gasteiger partial charge in [-0.1, -0.05) is 13.8 Å². The van der Waals surface area contributed by atoms with E-state index in [0.29, 0.717) is 12.5 Å². The Kier molecular flexibility index (Phi) is 4.50. The maximum absolute atomic E-state index is 10.9. The lowest BCUT2D eigenvalue weighted by Gasteiger charge is -2.30. The highest BCUT2D eigenvalue weighted by molar-refractivity contribution is 5.76. The molecule has 2 atom stereocenters. The van der Waals surface area contributed by atoms with Crippen molar-refractivity contribution >= 4 is 5.91 Å². The second-order valence-electron chi connectivity index (χ2n) is 4.58. The van der Waals surface area contributed by atoms with Gasteiger partial charge in [0, 0.05) is 25.7 Å². The Labute approximate surface area is 90.6 Å². The van der Waals surface area contributed by atoms with Gasteiger partial charge in [0.25, 0.3) is 0 Å². The monoisotopic (exact) mass is 215 g/mol. The highest BCUT2D eigenvalue weighted by Crippen LogP contribution is 2.11. The number of hydrogen-bond acceptors (Lipinski definition) is 4. The van der Waals surface area contributed by atoms with Crippen LogP contribution >= 0.6 is 0 Å². The van der Waals surface area contributed by atoms with Crippen molar-refractivity contribution in [3.63, 3.8) is 0 Å². The lowest BCUT2D eigenvalue weighted by atomic mass is 10.1. The number of amides is 1. The van der Waals surface area contributed by atoms with Crippen LogP contribution in [-0.2, 0) is 4.79 Å². The topological polar surface area (TPSA) is 78.6 Å². The van der Waals surface area contributed by atoms with Gasteiger partial charge in [-0.3, -0.25) is 9.69 Å². The Morgan fingerprint density at radius 1 is 1.60 bits per heavy atom. The number of carbonyl (C=O) groups is 1. The molecule has 0 aromatic heterocycles. The first-order valence-corrected chi connectivity index (χ1v) is 5.42. The van der Waals surface area contributed by atoms with Crippen molar-refractivity contribution < 1.29 is 9.90 Å². The van der Waals surface area contributed by atoms with Crippen LogP contribution in [0.2, 0.25) is 0 Å². The van der Waals surface area contributed by atoms with Gasteiger partial charge in [0.2, 0.25) is 5.91 Å². The third-order valence-electron chi connectivity index (χ3n) is 2.58. The molecule has 0 aromatic carbocycles. The highest BCUT2D eigenvalue weighted by Gasteiger charge is 2.31. The van der Waals surface area contributed by atoms with Crippen LogP contribution in [0.3, 0.4) is 0 Å². The van der Waals surface area contributed by atoms with Gasteiger partial charge in [-0.25, -0.2) is 0 Å². The van der Waals surface area contributed by atoms with E-state index in [4.69, 9.17) is 5.73 Å². The van der Waals surface area contributed by atoms with Gasteiger partial charge in [0.15, 0.2) is 0 Å². The Hall–Kier alpha value is -0.650. The fourth-order valence-electron chi connectivity index (χ4n) is 2.01. The minimum atomic E-state index is -0.400. The van der Waals surface area contributed by atoms with Gasteiger partial charge in [0.05, 0.1) is 12.6 Å². The molecule has 1 aliphatic heterocycles. The summed E-state index contributed by atoms with van der Waals surface area (Å²) in [5, 5.41) is 12.8. The fourth-order valence-corrected chi connectivity index (χ4v) is 2.01. The standard InChI is InChI=1S/C10H21N3O2/c1-7(2)5-13(6-10(11)15)8-3-12-4-9(8)14/h7-9,12,14H,3-6H2,1-2H3,(H2,11,15). The van der Waals surface area contributed by atoms with Crippen LogP contribution in [0.4, 0.5) is 0 Å². The summed E-state index contributed by atoms with van der Waals surface area (Å²) < 4.78 is 0. The molecular formula is C10H21N3O2. The number of hydrogen-bond donors (Lipinski definition) is 3. The van der Waals surface area contributed by atoms with E-state index in [1.165, 1.54) is 0 Å². The predicted octanol–water partition coefficient (Wildman–Crippen LogP) is -1.24. The van der Waals surface area contributed by atoms with Gasteiger partial charge in [0.1, 0.15) is 0 Å². The number of nitrogens with two attached hydrogens (primary N) is 1. The summed E-state index contributed by atoms with van der Waals surface area (Å²) >= 11 is 0. The second-order valence-corrected chi connectivity index (χ2v) is 4.58. The Balaban J connectivity index is 2.57. The van der Waals surface area contributed by atoms with Crippen LogP contribution in [0.5, 0.6) is 0 Å². The number of aliphatic hydroxyl groups is 1. The fraction of sp³-hybridized carbons (Fsp3) is 0.900. The van der Waals surface area contributed by atoms with Crippen LogP contribution in [0.15, 0.2) is 0 Å². The average Bonchev–Trinajstić information content (AvgIpc) is 2.48. The van der Waals surface area contributed by atoms with Crippen molar-refractivity contribution in [2.75, 3.05) is 26.2 Å². The van der Waals surface area contributed by atoms with Crippen molar-refractivity contribution in [1.82, 2.24) is 10.2 Å². The van der Waals surface area contributed by atoms with E-state index < -0.39 is 6.10 Å². The number of nitrogens with zero attached hydrogens (tertiary/aromatic N) is 1. The lowest BCUT2D eigenvalue weighted by molar-refractivity contribution is -0.120. The second kappa shape index (κ2) is 5.44. The first-order chi connectivity index (χ1) is 7.00. The van der Waals surface area contributed by atoms with Gasteiger partial charge in [-0.05, 0) is 5.92 Å². The molecule has 0 radical (unpaired) electrons. The molecule has 1 heterocycles. The van der Waals surface area contributed by atoms with Crippen LogP contribution in [-0.4, -0.2) is 54.2 Å². The van der Waals surface area contributed by atoms with Gasteiger partial charge in [-0.15, -0.1) is 0 Å². The zero-order valence-corrected chi connectivity index (χ0v) is 9.44. The first-order valence-electron chi connectivity index (χ1n) is 5.42. The molecule has 4 N–H and O–H groups in total. The molecule has 5 nitrogen and oxygen atoms in total. The first kappa shape index (κ1) is 12.4. The van der Waals surface area contributed by atoms with Crippen LogP contribution < -0.4 is 11.1 Å². The average molecular weight is 215 g/mol. The summed E-state index contributed by atoms with van der Waals surface area (Å²) in [5.74, 6) is 0.117. The van der Waals surface area contributed by atoms with Crippen LogP contribution in [0.1, 0.15) is 13.8 Å².